The molecule has 0 saturated carbocycles. The molecule has 0 bridgehead atoms. The van der Waals surface area contributed by atoms with Crippen molar-refractivity contribution in [3.63, 3.8) is 0 Å². The van der Waals surface area contributed by atoms with Gasteiger partial charge in [-0.05, 0) is 36.2 Å². The van der Waals surface area contributed by atoms with Crippen LogP contribution in [0.3, 0.4) is 0 Å². The zero-order valence-corrected chi connectivity index (χ0v) is 14.2. The molecule has 1 unspecified atom stereocenters. The molecule has 0 spiro atoms. The summed E-state index contributed by atoms with van der Waals surface area (Å²) in [5.41, 5.74) is 1.44. The third-order valence-corrected chi connectivity index (χ3v) is 4.16. The molecule has 1 heterocycles. The summed E-state index contributed by atoms with van der Waals surface area (Å²) in [6, 6.07) is 10.5. The van der Waals surface area contributed by atoms with E-state index in [2.05, 4.69) is 5.32 Å². The van der Waals surface area contributed by atoms with Crippen LogP contribution in [-0.2, 0) is 6.42 Å². The van der Waals surface area contributed by atoms with E-state index in [1.807, 2.05) is 18.2 Å². The van der Waals surface area contributed by atoms with Gasteiger partial charge in [0.15, 0.2) is 0 Å². The first-order chi connectivity index (χ1) is 11.6. The van der Waals surface area contributed by atoms with Crippen LogP contribution in [0, 0.1) is 0 Å². The topological polar surface area (TPSA) is 56.8 Å². The number of carbonyl (C=O) groups excluding carboxylic acids is 1. The number of carbonyl (C=O) groups is 1. The standard InChI is InChI=1S/C18H18ClNO4/c1-22-14-5-3-11-7-13(10-24-17(11)9-14)20-18(21)15-8-12(19)4-6-16(15)23-2/h3-6,8-9,13H,7,10H2,1-2H3,(H,20,21). The highest BCUT2D eigenvalue weighted by Crippen LogP contribution is 2.29. The highest BCUT2D eigenvalue weighted by atomic mass is 35.5. The Balaban J connectivity index is 1.73. The van der Waals surface area contributed by atoms with Gasteiger partial charge >= 0.3 is 0 Å². The lowest BCUT2D eigenvalue weighted by atomic mass is 10.0. The number of rotatable bonds is 4. The zero-order valence-electron chi connectivity index (χ0n) is 13.5. The van der Waals surface area contributed by atoms with Crippen molar-refractivity contribution in [2.24, 2.45) is 0 Å². The van der Waals surface area contributed by atoms with E-state index in [1.54, 1.807) is 25.3 Å². The summed E-state index contributed by atoms with van der Waals surface area (Å²) >= 11 is 5.98. The van der Waals surface area contributed by atoms with E-state index >= 15 is 0 Å². The molecule has 1 aliphatic rings. The summed E-state index contributed by atoms with van der Waals surface area (Å²) in [6.45, 7) is 0.398. The van der Waals surface area contributed by atoms with Crippen LogP contribution in [0.15, 0.2) is 36.4 Å². The van der Waals surface area contributed by atoms with Crippen LogP contribution in [0.4, 0.5) is 0 Å². The average Bonchev–Trinajstić information content (AvgIpc) is 2.61. The van der Waals surface area contributed by atoms with Crippen molar-refractivity contribution in [3.8, 4) is 17.2 Å². The number of halogens is 1. The van der Waals surface area contributed by atoms with Crippen molar-refractivity contribution in [1.82, 2.24) is 5.32 Å². The van der Waals surface area contributed by atoms with E-state index in [0.29, 0.717) is 29.4 Å². The second-order valence-electron chi connectivity index (χ2n) is 5.50. The van der Waals surface area contributed by atoms with Crippen molar-refractivity contribution in [2.45, 2.75) is 12.5 Å². The SMILES string of the molecule is COc1ccc2c(c1)OCC(NC(=O)c1cc(Cl)ccc1OC)C2. The van der Waals surface area contributed by atoms with Crippen LogP contribution < -0.4 is 19.5 Å². The second kappa shape index (κ2) is 7.01. The lowest BCUT2D eigenvalue weighted by Gasteiger charge is -2.26. The number of hydrogen-bond donors (Lipinski definition) is 1. The first-order valence-corrected chi connectivity index (χ1v) is 7.92. The maximum Gasteiger partial charge on any atom is 0.255 e. The van der Waals surface area contributed by atoms with Crippen molar-refractivity contribution in [3.05, 3.63) is 52.5 Å². The van der Waals surface area contributed by atoms with Crippen LogP contribution in [0.25, 0.3) is 0 Å². The van der Waals surface area contributed by atoms with E-state index in [9.17, 15) is 4.79 Å². The Bertz CT molecular complexity index is 763. The molecule has 1 N–H and O–H groups in total. The fourth-order valence-corrected chi connectivity index (χ4v) is 2.87. The zero-order chi connectivity index (χ0) is 17.1. The number of benzene rings is 2. The predicted octanol–water partition coefficient (Wildman–Crippen LogP) is 3.09. The summed E-state index contributed by atoms with van der Waals surface area (Å²) < 4.78 is 16.2. The summed E-state index contributed by atoms with van der Waals surface area (Å²) in [6.07, 6.45) is 0.688. The molecule has 24 heavy (non-hydrogen) atoms. The van der Waals surface area contributed by atoms with Crippen LogP contribution in [0.2, 0.25) is 5.02 Å². The Morgan fingerprint density at radius 3 is 2.79 bits per heavy atom. The van der Waals surface area contributed by atoms with E-state index in [-0.39, 0.29) is 11.9 Å². The minimum Gasteiger partial charge on any atom is -0.497 e. The molecule has 0 aliphatic carbocycles. The summed E-state index contributed by atoms with van der Waals surface area (Å²) in [5.74, 6) is 1.79. The molecule has 126 valence electrons. The number of methoxy groups -OCH3 is 2. The first kappa shape index (κ1) is 16.5. The summed E-state index contributed by atoms with van der Waals surface area (Å²) in [5, 5.41) is 3.46. The van der Waals surface area contributed by atoms with Gasteiger partial charge in [-0.3, -0.25) is 4.79 Å². The monoisotopic (exact) mass is 347 g/mol. The Kier molecular flexibility index (Phi) is 4.81. The maximum absolute atomic E-state index is 12.5. The van der Waals surface area contributed by atoms with Gasteiger partial charge in [0.25, 0.3) is 5.91 Å². The highest BCUT2D eigenvalue weighted by molar-refractivity contribution is 6.31. The van der Waals surface area contributed by atoms with Gasteiger partial charge in [0.05, 0.1) is 25.8 Å². The van der Waals surface area contributed by atoms with Crippen LogP contribution in [0.1, 0.15) is 15.9 Å². The smallest absolute Gasteiger partial charge is 0.255 e. The molecule has 0 fully saturated rings. The van der Waals surface area contributed by atoms with Gasteiger partial charge in [-0.1, -0.05) is 17.7 Å². The highest BCUT2D eigenvalue weighted by Gasteiger charge is 2.23. The molecular formula is C18H18ClNO4. The molecule has 2 aromatic carbocycles. The van der Waals surface area contributed by atoms with Gasteiger partial charge in [-0.2, -0.15) is 0 Å². The lowest BCUT2D eigenvalue weighted by Crippen LogP contribution is -2.42. The van der Waals surface area contributed by atoms with Crippen LogP contribution >= 0.6 is 11.6 Å². The molecule has 0 radical (unpaired) electrons. The van der Waals surface area contributed by atoms with Gasteiger partial charge in [0, 0.05) is 11.1 Å². The minimum atomic E-state index is -0.236. The number of fused-ring (bicyclic) bond motifs is 1. The van der Waals surface area contributed by atoms with Gasteiger partial charge in [0.1, 0.15) is 23.9 Å². The Morgan fingerprint density at radius 2 is 2.04 bits per heavy atom. The number of amides is 1. The molecule has 2 aromatic rings. The van der Waals surface area contributed by atoms with Crippen molar-refractivity contribution in [2.75, 3.05) is 20.8 Å². The van der Waals surface area contributed by atoms with Gasteiger partial charge < -0.3 is 19.5 Å². The largest absolute Gasteiger partial charge is 0.497 e. The Hall–Kier alpha value is -2.40. The normalized spacial score (nSPS) is 15.9. The fraction of sp³-hybridized carbons (Fsp3) is 0.278. The first-order valence-electron chi connectivity index (χ1n) is 7.55. The van der Waals surface area contributed by atoms with Crippen LogP contribution in [-0.4, -0.2) is 32.8 Å². The van der Waals surface area contributed by atoms with E-state index in [0.717, 1.165) is 17.1 Å². The molecule has 6 heteroatoms. The third kappa shape index (κ3) is 3.41. The van der Waals surface area contributed by atoms with Crippen molar-refractivity contribution in [1.29, 1.82) is 0 Å². The predicted molar refractivity (Wildman–Crippen MR) is 91.5 cm³/mol. The van der Waals surface area contributed by atoms with Crippen LogP contribution in [0.5, 0.6) is 17.2 Å². The molecule has 5 nitrogen and oxygen atoms in total. The molecule has 1 amide bonds. The molecule has 1 aliphatic heterocycles. The molecule has 0 aromatic heterocycles. The van der Waals surface area contributed by atoms with E-state index in [1.165, 1.54) is 7.11 Å². The van der Waals surface area contributed by atoms with E-state index < -0.39 is 0 Å². The Labute approximate surface area is 145 Å². The Morgan fingerprint density at radius 1 is 1.21 bits per heavy atom. The maximum atomic E-state index is 12.5. The molecule has 0 saturated heterocycles. The van der Waals surface area contributed by atoms with E-state index in [4.69, 9.17) is 25.8 Å². The summed E-state index contributed by atoms with van der Waals surface area (Å²) in [7, 11) is 3.14. The number of ether oxygens (including phenoxy) is 3. The van der Waals surface area contributed by atoms with Gasteiger partial charge in [-0.25, -0.2) is 0 Å². The average molecular weight is 348 g/mol. The quantitative estimate of drug-likeness (QED) is 0.923. The third-order valence-electron chi connectivity index (χ3n) is 3.92. The van der Waals surface area contributed by atoms with Gasteiger partial charge in [0.2, 0.25) is 0 Å². The second-order valence-corrected chi connectivity index (χ2v) is 5.94. The minimum absolute atomic E-state index is 0.123. The lowest BCUT2D eigenvalue weighted by molar-refractivity contribution is 0.0912. The fourth-order valence-electron chi connectivity index (χ4n) is 2.69. The molecule has 3 rings (SSSR count). The molecule has 1 atom stereocenters. The van der Waals surface area contributed by atoms with Crippen molar-refractivity contribution < 1.29 is 19.0 Å². The summed E-state index contributed by atoms with van der Waals surface area (Å²) in [4.78, 5) is 12.5. The number of hydrogen-bond acceptors (Lipinski definition) is 4. The number of nitrogens with one attached hydrogen (secondary N) is 1. The van der Waals surface area contributed by atoms with Gasteiger partial charge in [-0.15, -0.1) is 0 Å². The molecular weight excluding hydrogens is 330 g/mol. The van der Waals surface area contributed by atoms with Crippen molar-refractivity contribution >= 4 is 17.5 Å².